The van der Waals surface area contributed by atoms with Crippen LogP contribution in [-0.2, 0) is 11.3 Å². The van der Waals surface area contributed by atoms with Crippen LogP contribution in [0, 0.1) is 0 Å². The van der Waals surface area contributed by atoms with Crippen LogP contribution in [0.2, 0.25) is 0 Å². The molecule has 4 aromatic rings. The van der Waals surface area contributed by atoms with E-state index in [0.717, 1.165) is 32.5 Å². The second kappa shape index (κ2) is 9.58. The van der Waals surface area contributed by atoms with Crippen LogP contribution in [0.25, 0.3) is 17.0 Å². The Morgan fingerprint density at radius 1 is 1.00 bits per heavy atom. The molecule has 1 saturated heterocycles. The number of thioether (sulfide) groups is 1. The molecule has 2 heterocycles. The van der Waals surface area contributed by atoms with Crippen molar-refractivity contribution in [2.45, 2.75) is 6.54 Å². The van der Waals surface area contributed by atoms with E-state index in [0.29, 0.717) is 10.5 Å². The van der Waals surface area contributed by atoms with Crippen molar-refractivity contribution in [2.24, 2.45) is 0 Å². The number of nitrogens with zero attached hydrogens (tertiary/aromatic N) is 2. The number of thiocarbonyl (C=S) groups is 1. The van der Waals surface area contributed by atoms with Crippen molar-refractivity contribution in [3.05, 3.63) is 111 Å². The number of amides is 2. The SMILES string of the molecule is O=C(NN1C(=O)/C(=C/c2cn(Cc3ccccc3)c3ccccc23)SC1=S)c1ccc(Br)cc1. The summed E-state index contributed by atoms with van der Waals surface area (Å²) in [4.78, 5) is 26.2. The maximum absolute atomic E-state index is 13.1. The van der Waals surface area contributed by atoms with Crippen molar-refractivity contribution >= 4 is 73.0 Å². The molecule has 1 aromatic heterocycles. The summed E-state index contributed by atoms with van der Waals surface area (Å²) < 4.78 is 3.32. The highest BCUT2D eigenvalue weighted by atomic mass is 79.9. The minimum atomic E-state index is -0.399. The van der Waals surface area contributed by atoms with Crippen molar-refractivity contribution in [2.75, 3.05) is 0 Å². The third kappa shape index (κ3) is 4.57. The van der Waals surface area contributed by atoms with Crippen molar-refractivity contribution in [1.29, 1.82) is 0 Å². The van der Waals surface area contributed by atoms with Gasteiger partial charge in [-0.25, -0.2) is 0 Å². The Hall–Kier alpha value is -3.20. The van der Waals surface area contributed by atoms with E-state index < -0.39 is 5.91 Å². The number of rotatable bonds is 5. The summed E-state index contributed by atoms with van der Waals surface area (Å²) >= 11 is 9.91. The highest BCUT2D eigenvalue weighted by molar-refractivity contribution is 9.10. The van der Waals surface area contributed by atoms with Gasteiger partial charge >= 0.3 is 0 Å². The van der Waals surface area contributed by atoms with Gasteiger partial charge in [0.05, 0.1) is 4.91 Å². The average molecular weight is 548 g/mol. The van der Waals surface area contributed by atoms with Gasteiger partial charge in [0.25, 0.3) is 11.8 Å². The Labute approximate surface area is 214 Å². The molecule has 34 heavy (non-hydrogen) atoms. The van der Waals surface area contributed by atoms with Gasteiger partial charge in [-0.15, -0.1) is 0 Å². The monoisotopic (exact) mass is 547 g/mol. The molecule has 0 radical (unpaired) electrons. The zero-order valence-corrected chi connectivity index (χ0v) is 21.0. The van der Waals surface area contributed by atoms with Crippen molar-refractivity contribution in [3.8, 4) is 0 Å². The highest BCUT2D eigenvalue weighted by Crippen LogP contribution is 2.34. The van der Waals surface area contributed by atoms with Crippen LogP contribution in [0.5, 0.6) is 0 Å². The van der Waals surface area contributed by atoms with E-state index in [2.05, 4.69) is 44.1 Å². The predicted octanol–water partition coefficient (Wildman–Crippen LogP) is 6.00. The van der Waals surface area contributed by atoms with Gasteiger partial charge in [0.2, 0.25) is 0 Å². The number of benzene rings is 3. The lowest BCUT2D eigenvalue weighted by atomic mass is 10.1. The fourth-order valence-electron chi connectivity index (χ4n) is 3.77. The van der Waals surface area contributed by atoms with Gasteiger partial charge in [-0.3, -0.25) is 15.0 Å². The summed E-state index contributed by atoms with van der Waals surface area (Å²) in [7, 11) is 0. The second-order valence-corrected chi connectivity index (χ2v) is 10.3. The lowest BCUT2D eigenvalue weighted by molar-refractivity contribution is -0.123. The quantitative estimate of drug-likeness (QED) is 0.246. The van der Waals surface area contributed by atoms with E-state index >= 15 is 0 Å². The van der Waals surface area contributed by atoms with Crippen molar-refractivity contribution < 1.29 is 9.59 Å². The number of aromatic nitrogens is 1. The van der Waals surface area contributed by atoms with Crippen LogP contribution in [-0.4, -0.2) is 25.7 Å². The lowest BCUT2D eigenvalue weighted by Gasteiger charge is -2.15. The molecule has 1 N–H and O–H groups in total. The Morgan fingerprint density at radius 3 is 2.47 bits per heavy atom. The average Bonchev–Trinajstić information content (AvgIpc) is 3.32. The smallest absolute Gasteiger partial charge is 0.285 e. The first-order chi connectivity index (χ1) is 16.5. The summed E-state index contributed by atoms with van der Waals surface area (Å²) in [5.74, 6) is -0.745. The maximum Gasteiger partial charge on any atom is 0.285 e. The molecular formula is C26H18BrN3O2S2. The molecular weight excluding hydrogens is 530 g/mol. The van der Waals surface area contributed by atoms with Gasteiger partial charge in [-0.2, -0.15) is 5.01 Å². The van der Waals surface area contributed by atoms with E-state index in [4.69, 9.17) is 12.2 Å². The predicted molar refractivity (Wildman–Crippen MR) is 144 cm³/mol. The number of para-hydroxylation sites is 1. The molecule has 0 bridgehead atoms. The highest BCUT2D eigenvalue weighted by Gasteiger charge is 2.34. The van der Waals surface area contributed by atoms with E-state index in [9.17, 15) is 9.59 Å². The minimum Gasteiger partial charge on any atom is -0.342 e. The van der Waals surface area contributed by atoms with Gasteiger partial charge in [-0.1, -0.05) is 76.2 Å². The molecule has 3 aromatic carbocycles. The summed E-state index contributed by atoms with van der Waals surface area (Å²) in [6.45, 7) is 0.722. The molecule has 5 nitrogen and oxygen atoms in total. The molecule has 0 spiro atoms. The zero-order valence-electron chi connectivity index (χ0n) is 17.8. The molecule has 1 fully saturated rings. The number of carbonyl (C=O) groups is 2. The number of fused-ring (bicyclic) bond motifs is 1. The summed E-state index contributed by atoms with van der Waals surface area (Å²) in [6, 6.07) is 25.2. The standard InChI is InChI=1S/C26H18BrN3O2S2/c27-20-12-10-18(11-13-20)24(31)28-30-25(32)23(34-26(30)33)14-19-16-29(15-17-6-2-1-3-7-17)22-9-5-4-8-21(19)22/h1-14,16H,15H2,(H,28,31)/b23-14-. The largest absolute Gasteiger partial charge is 0.342 e. The summed E-state index contributed by atoms with van der Waals surface area (Å²) in [5.41, 5.74) is 6.26. The van der Waals surface area contributed by atoms with E-state index in [1.165, 1.54) is 17.3 Å². The molecule has 0 unspecified atom stereocenters. The second-order valence-electron chi connectivity index (χ2n) is 7.68. The van der Waals surface area contributed by atoms with Crippen LogP contribution in [0.3, 0.4) is 0 Å². The topological polar surface area (TPSA) is 54.3 Å². The molecule has 0 saturated carbocycles. The maximum atomic E-state index is 13.1. The van der Waals surface area contributed by atoms with Gasteiger partial charge < -0.3 is 4.57 Å². The fraction of sp³-hybridized carbons (Fsp3) is 0.0385. The number of halogens is 1. The third-order valence-electron chi connectivity index (χ3n) is 5.42. The van der Waals surface area contributed by atoms with Crippen LogP contribution >= 0.6 is 39.9 Å². The van der Waals surface area contributed by atoms with Crippen LogP contribution in [0.4, 0.5) is 0 Å². The normalized spacial score (nSPS) is 14.9. The fourth-order valence-corrected chi connectivity index (χ4v) is 5.21. The molecule has 168 valence electrons. The Morgan fingerprint density at radius 2 is 1.71 bits per heavy atom. The van der Waals surface area contributed by atoms with Crippen molar-refractivity contribution in [3.63, 3.8) is 0 Å². The Kier molecular flexibility index (Phi) is 6.36. The number of hydrogen-bond acceptors (Lipinski definition) is 4. The van der Waals surface area contributed by atoms with E-state index in [1.54, 1.807) is 24.3 Å². The summed E-state index contributed by atoms with van der Waals surface area (Å²) in [6.07, 6.45) is 3.89. The van der Waals surface area contributed by atoms with Gasteiger partial charge in [0, 0.05) is 39.2 Å². The number of carbonyl (C=O) groups excluding carboxylic acids is 2. The Balaban J connectivity index is 1.42. The van der Waals surface area contributed by atoms with Gasteiger partial charge in [-0.05, 0) is 54.2 Å². The Bertz CT molecular complexity index is 1450. The molecule has 1 aliphatic rings. The number of nitrogens with one attached hydrogen (secondary N) is 1. The van der Waals surface area contributed by atoms with Gasteiger partial charge in [0.15, 0.2) is 4.32 Å². The first kappa shape index (κ1) is 22.6. The molecule has 1 aliphatic heterocycles. The first-order valence-electron chi connectivity index (χ1n) is 10.5. The lowest BCUT2D eigenvalue weighted by Crippen LogP contribution is -2.44. The van der Waals surface area contributed by atoms with Gasteiger partial charge in [0.1, 0.15) is 0 Å². The minimum absolute atomic E-state index is 0.287. The van der Waals surface area contributed by atoms with E-state index in [1.807, 2.05) is 48.7 Å². The third-order valence-corrected chi connectivity index (χ3v) is 7.25. The zero-order chi connectivity index (χ0) is 23.7. The molecule has 5 rings (SSSR count). The van der Waals surface area contributed by atoms with Crippen LogP contribution in [0.1, 0.15) is 21.5 Å². The molecule has 0 atom stereocenters. The molecule has 0 aliphatic carbocycles. The molecule has 8 heteroatoms. The van der Waals surface area contributed by atoms with Crippen LogP contribution in [0.15, 0.2) is 94.4 Å². The van der Waals surface area contributed by atoms with Crippen molar-refractivity contribution in [1.82, 2.24) is 15.0 Å². The number of hydrazine groups is 1. The van der Waals surface area contributed by atoms with E-state index in [-0.39, 0.29) is 10.2 Å². The van der Waals surface area contributed by atoms with Crippen LogP contribution < -0.4 is 5.43 Å². The number of hydrogen-bond donors (Lipinski definition) is 1. The molecule has 2 amide bonds. The summed E-state index contributed by atoms with van der Waals surface area (Å²) in [5, 5.41) is 2.18. The first-order valence-corrected chi connectivity index (χ1v) is 12.5.